The fourth-order valence-electron chi connectivity index (χ4n) is 6.95. The van der Waals surface area contributed by atoms with E-state index in [4.69, 9.17) is 5.10 Å². The third-order valence-electron chi connectivity index (χ3n) is 7.44. The van der Waals surface area contributed by atoms with Crippen molar-refractivity contribution in [1.29, 1.82) is 0 Å². The number of hydrogen-bond acceptors (Lipinski definition) is 2. The van der Waals surface area contributed by atoms with Gasteiger partial charge in [-0.3, -0.25) is 0 Å². The maximum absolute atomic E-state index is 5.29. The molecular formula is C22H27N3. The van der Waals surface area contributed by atoms with Gasteiger partial charge in [0.2, 0.25) is 0 Å². The van der Waals surface area contributed by atoms with Crippen molar-refractivity contribution < 1.29 is 0 Å². The zero-order valence-electron chi connectivity index (χ0n) is 15.1. The van der Waals surface area contributed by atoms with Crippen LogP contribution in [-0.4, -0.2) is 16.3 Å². The summed E-state index contributed by atoms with van der Waals surface area (Å²) in [6.07, 6.45) is 9.84. The smallest absolute Gasteiger partial charge is 0.133 e. The highest BCUT2D eigenvalue weighted by atomic mass is 15.3. The van der Waals surface area contributed by atoms with Gasteiger partial charge in [0.05, 0.1) is 11.4 Å². The fraction of sp³-hybridized carbons (Fsp3) is 0.591. The Hall–Kier alpha value is -1.77. The molecule has 0 unspecified atom stereocenters. The first kappa shape index (κ1) is 14.4. The van der Waals surface area contributed by atoms with E-state index in [-0.39, 0.29) is 0 Å². The van der Waals surface area contributed by atoms with E-state index in [1.54, 1.807) is 0 Å². The van der Waals surface area contributed by atoms with Gasteiger partial charge in [0.15, 0.2) is 0 Å². The molecule has 1 aromatic heterocycles. The first-order valence-electron chi connectivity index (χ1n) is 10.1. The highest BCUT2D eigenvalue weighted by Crippen LogP contribution is 2.61. The monoisotopic (exact) mass is 333 g/mol. The number of nitrogens with one attached hydrogen (secondary N) is 1. The van der Waals surface area contributed by atoms with Gasteiger partial charge in [-0.15, -0.1) is 0 Å². The van der Waals surface area contributed by atoms with Gasteiger partial charge in [-0.1, -0.05) is 12.1 Å². The average Bonchev–Trinajstić information content (AvgIpc) is 3.15. The van der Waals surface area contributed by atoms with Crippen LogP contribution in [0.4, 0.5) is 5.82 Å². The molecule has 2 aromatic rings. The summed E-state index contributed by atoms with van der Waals surface area (Å²) in [5.74, 6) is 4.19. The van der Waals surface area contributed by atoms with Gasteiger partial charge >= 0.3 is 0 Å². The molecule has 3 nitrogen and oxygen atoms in total. The predicted octanol–water partition coefficient (Wildman–Crippen LogP) is 4.62. The van der Waals surface area contributed by atoms with Crippen molar-refractivity contribution in [2.45, 2.75) is 57.3 Å². The van der Waals surface area contributed by atoms with Crippen LogP contribution in [0.25, 0.3) is 5.69 Å². The molecule has 4 aliphatic carbocycles. The second-order valence-corrected chi connectivity index (χ2v) is 9.30. The lowest BCUT2D eigenvalue weighted by Gasteiger charge is -2.56. The molecule has 3 heteroatoms. The Bertz CT molecular complexity index is 812. The molecule has 4 bridgehead atoms. The Balaban J connectivity index is 1.50. The second-order valence-electron chi connectivity index (χ2n) is 9.30. The molecule has 4 saturated carbocycles. The van der Waals surface area contributed by atoms with E-state index in [9.17, 15) is 0 Å². The minimum absolute atomic E-state index is 0.389. The summed E-state index contributed by atoms with van der Waals surface area (Å²) in [7, 11) is 0. The quantitative estimate of drug-likeness (QED) is 0.869. The highest BCUT2D eigenvalue weighted by Gasteiger charge is 2.54. The minimum atomic E-state index is 0.389. The number of nitrogens with zero attached hydrogens (tertiary/aromatic N) is 2. The molecule has 1 aromatic carbocycles. The van der Waals surface area contributed by atoms with Crippen molar-refractivity contribution in [1.82, 2.24) is 9.78 Å². The Kier molecular flexibility index (Phi) is 2.82. The molecule has 130 valence electrons. The number of hydrogen-bond donors (Lipinski definition) is 1. The van der Waals surface area contributed by atoms with Crippen LogP contribution < -0.4 is 5.32 Å². The number of aryl methyl sites for hydroxylation is 1. The van der Waals surface area contributed by atoms with E-state index < -0.39 is 0 Å². The van der Waals surface area contributed by atoms with E-state index >= 15 is 0 Å². The lowest BCUT2D eigenvalue weighted by molar-refractivity contribution is -0.00770. The molecule has 0 spiro atoms. The van der Waals surface area contributed by atoms with Gasteiger partial charge in [-0.25, -0.2) is 4.68 Å². The van der Waals surface area contributed by atoms with Crippen molar-refractivity contribution in [2.24, 2.45) is 17.8 Å². The summed E-state index contributed by atoms with van der Waals surface area (Å²) in [6.45, 7) is 3.24. The topological polar surface area (TPSA) is 29.9 Å². The van der Waals surface area contributed by atoms with E-state index in [2.05, 4.69) is 41.2 Å². The first-order valence-corrected chi connectivity index (χ1v) is 10.1. The van der Waals surface area contributed by atoms with Gasteiger partial charge in [-0.05, 0) is 87.3 Å². The lowest BCUT2D eigenvalue weighted by Crippen LogP contribution is -2.49. The van der Waals surface area contributed by atoms with Crippen molar-refractivity contribution in [3.8, 4) is 5.69 Å². The summed E-state index contributed by atoms with van der Waals surface area (Å²) in [5.41, 5.74) is 5.90. The molecule has 25 heavy (non-hydrogen) atoms. The molecule has 1 N–H and O–H groups in total. The molecule has 0 amide bonds. The molecule has 0 atom stereocenters. The number of fused-ring (bicyclic) bond motifs is 1. The number of benzene rings is 1. The van der Waals surface area contributed by atoms with Gasteiger partial charge in [0.25, 0.3) is 0 Å². The van der Waals surface area contributed by atoms with Gasteiger partial charge in [0.1, 0.15) is 5.82 Å². The normalized spacial score (nSPS) is 35.0. The highest BCUT2D eigenvalue weighted by molar-refractivity contribution is 5.59. The second kappa shape index (κ2) is 4.90. The molecule has 4 fully saturated rings. The van der Waals surface area contributed by atoms with Crippen LogP contribution in [0.3, 0.4) is 0 Å². The van der Waals surface area contributed by atoms with Gasteiger partial charge in [0, 0.05) is 17.5 Å². The van der Waals surface area contributed by atoms with Crippen LogP contribution in [0.5, 0.6) is 0 Å². The predicted molar refractivity (Wildman–Crippen MR) is 100 cm³/mol. The van der Waals surface area contributed by atoms with Crippen LogP contribution in [0.2, 0.25) is 0 Å². The standard InChI is InChI=1S/C22H27N3/c1-14-3-2-4-18(7-14)25-21-19(5-6-23-21)20(24-25)22-11-15-8-16(12-22)10-17(9-15)13-22/h2-4,7,15-17,23H,5-6,8-13H2,1H3. The van der Waals surface area contributed by atoms with Crippen LogP contribution in [0.1, 0.15) is 55.3 Å². The largest absolute Gasteiger partial charge is 0.369 e. The summed E-state index contributed by atoms with van der Waals surface area (Å²) < 4.78 is 2.21. The van der Waals surface area contributed by atoms with Gasteiger partial charge in [-0.2, -0.15) is 5.10 Å². The number of rotatable bonds is 2. The Morgan fingerprint density at radius 2 is 1.80 bits per heavy atom. The zero-order valence-corrected chi connectivity index (χ0v) is 15.1. The summed E-state index contributed by atoms with van der Waals surface area (Å²) in [5, 5.41) is 8.93. The molecule has 2 heterocycles. The fourth-order valence-corrected chi connectivity index (χ4v) is 6.95. The van der Waals surface area contributed by atoms with E-state index in [1.165, 1.54) is 66.9 Å². The van der Waals surface area contributed by atoms with Crippen molar-refractivity contribution in [3.05, 3.63) is 41.1 Å². The van der Waals surface area contributed by atoms with Crippen LogP contribution in [0, 0.1) is 24.7 Å². The van der Waals surface area contributed by atoms with Crippen LogP contribution in [0.15, 0.2) is 24.3 Å². The molecule has 1 aliphatic heterocycles. The van der Waals surface area contributed by atoms with Crippen molar-refractivity contribution in [2.75, 3.05) is 11.9 Å². The average molecular weight is 333 g/mol. The Morgan fingerprint density at radius 3 is 2.48 bits per heavy atom. The maximum atomic E-state index is 5.29. The summed E-state index contributed by atoms with van der Waals surface area (Å²) in [4.78, 5) is 0. The SMILES string of the molecule is Cc1cccc(-n2nc(C34CC5CC(CC(C5)C3)C4)c3c2NCC3)c1. The molecule has 5 aliphatic rings. The first-order chi connectivity index (χ1) is 12.2. The minimum Gasteiger partial charge on any atom is -0.369 e. The third-order valence-corrected chi connectivity index (χ3v) is 7.44. The summed E-state index contributed by atoms with van der Waals surface area (Å²) >= 11 is 0. The molecule has 0 saturated heterocycles. The van der Waals surface area contributed by atoms with E-state index in [1.807, 2.05) is 0 Å². The lowest BCUT2D eigenvalue weighted by atomic mass is 9.48. The van der Waals surface area contributed by atoms with Gasteiger partial charge < -0.3 is 5.32 Å². The Labute approximate surface area is 149 Å². The van der Waals surface area contributed by atoms with E-state index in [0.717, 1.165) is 30.7 Å². The van der Waals surface area contributed by atoms with Crippen LogP contribution in [-0.2, 0) is 11.8 Å². The van der Waals surface area contributed by atoms with Crippen molar-refractivity contribution in [3.63, 3.8) is 0 Å². The summed E-state index contributed by atoms with van der Waals surface area (Å²) in [6, 6.07) is 8.78. The number of aromatic nitrogens is 2. The molecular weight excluding hydrogens is 306 g/mol. The third kappa shape index (κ3) is 2.01. The number of anilines is 1. The zero-order chi connectivity index (χ0) is 16.6. The molecule has 0 radical (unpaired) electrons. The van der Waals surface area contributed by atoms with Crippen LogP contribution >= 0.6 is 0 Å². The van der Waals surface area contributed by atoms with E-state index in [0.29, 0.717) is 5.41 Å². The maximum Gasteiger partial charge on any atom is 0.133 e. The molecule has 7 rings (SSSR count). The van der Waals surface area contributed by atoms with Crippen molar-refractivity contribution >= 4 is 5.82 Å². The Morgan fingerprint density at radius 1 is 1.08 bits per heavy atom.